The molecule has 9 heteroatoms. The third kappa shape index (κ3) is 5.83. The molecule has 0 aliphatic carbocycles. The molecule has 7 nitrogen and oxygen atoms in total. The third-order valence-electron chi connectivity index (χ3n) is 9.44. The van der Waals surface area contributed by atoms with Crippen LogP contribution >= 0.6 is 11.6 Å². The quantitative estimate of drug-likeness (QED) is 0.143. The molecule has 3 aromatic carbocycles. The fourth-order valence-electron chi connectivity index (χ4n) is 7.16. The minimum Gasteiger partial charge on any atom is -0.543 e. The highest BCUT2D eigenvalue weighted by Gasteiger charge is 2.47. The van der Waals surface area contributed by atoms with E-state index in [4.69, 9.17) is 25.7 Å². The predicted molar refractivity (Wildman–Crippen MR) is 189 cm³/mol. The second kappa shape index (κ2) is 13.2. The van der Waals surface area contributed by atoms with Crippen molar-refractivity contribution in [3.8, 4) is 22.8 Å². The van der Waals surface area contributed by atoms with E-state index >= 15 is 0 Å². The van der Waals surface area contributed by atoms with Gasteiger partial charge in [0, 0.05) is 23.5 Å². The average Bonchev–Trinajstić information content (AvgIpc) is 3.48. The van der Waals surface area contributed by atoms with Crippen molar-refractivity contribution < 1.29 is 14.3 Å². The van der Waals surface area contributed by atoms with Crippen LogP contribution in [0, 0.1) is 0 Å². The van der Waals surface area contributed by atoms with Crippen molar-refractivity contribution in [1.82, 2.24) is 19.7 Å². The van der Waals surface area contributed by atoms with Crippen molar-refractivity contribution in [2.45, 2.75) is 77.1 Å². The van der Waals surface area contributed by atoms with Gasteiger partial charge in [0.05, 0.1) is 12.6 Å². The van der Waals surface area contributed by atoms with Gasteiger partial charge in [-0.15, -0.1) is 10.2 Å². The summed E-state index contributed by atoms with van der Waals surface area (Å²) < 4.78 is 14.5. The van der Waals surface area contributed by atoms with E-state index in [2.05, 4.69) is 69.9 Å². The highest BCUT2D eigenvalue weighted by atomic mass is 35.5. The Morgan fingerprint density at radius 1 is 0.913 bits per heavy atom. The highest BCUT2D eigenvalue weighted by Crippen LogP contribution is 2.44. The van der Waals surface area contributed by atoms with Gasteiger partial charge in [0.15, 0.2) is 11.4 Å². The van der Waals surface area contributed by atoms with Crippen LogP contribution in [0.15, 0.2) is 73.1 Å². The Labute approximate surface area is 278 Å². The van der Waals surface area contributed by atoms with Gasteiger partial charge < -0.3 is 18.8 Å². The first-order valence-corrected chi connectivity index (χ1v) is 18.5. The zero-order chi connectivity index (χ0) is 33.4. The number of aromatic nitrogens is 4. The van der Waals surface area contributed by atoms with Crippen molar-refractivity contribution in [3.63, 3.8) is 0 Å². The summed E-state index contributed by atoms with van der Waals surface area (Å²) >= 11 is 6.51. The number of rotatable bonds is 11. The summed E-state index contributed by atoms with van der Waals surface area (Å²) in [5, 5.41) is 22.7. The Kier molecular flexibility index (Phi) is 9.64. The maximum atomic E-state index is 12.7. The van der Waals surface area contributed by atoms with Crippen molar-refractivity contribution >= 4 is 30.8 Å². The number of methoxy groups -OCH3 is 1. The summed E-state index contributed by atoms with van der Waals surface area (Å²) in [6, 6.07) is 21.7. The normalized spacial score (nSPS) is 13.5. The Balaban J connectivity index is 1.73. The number of aliphatic hydroxyl groups is 1. The summed E-state index contributed by atoms with van der Waals surface area (Å²) in [6.07, 6.45) is 2.32. The monoisotopic (exact) mass is 656 g/mol. The zero-order valence-electron chi connectivity index (χ0n) is 28.3. The molecule has 0 bridgehead atoms. The molecule has 2 aromatic heterocycles. The van der Waals surface area contributed by atoms with E-state index in [9.17, 15) is 5.11 Å². The van der Waals surface area contributed by atoms with Crippen LogP contribution in [0.5, 0.6) is 11.6 Å². The van der Waals surface area contributed by atoms with Gasteiger partial charge >= 0.3 is 0 Å². The number of pyridine rings is 1. The van der Waals surface area contributed by atoms with Crippen LogP contribution in [0.1, 0.15) is 71.0 Å². The smallest absolute Gasteiger partial charge is 0.258 e. The van der Waals surface area contributed by atoms with Crippen LogP contribution < -0.4 is 9.16 Å². The maximum absolute atomic E-state index is 12.7. The minimum atomic E-state index is -2.18. The lowest BCUT2D eigenvalue weighted by Gasteiger charge is -2.42. The predicted octanol–water partition coefficient (Wildman–Crippen LogP) is 9.09. The number of hydrogen-bond acceptors (Lipinski definition) is 6. The van der Waals surface area contributed by atoms with E-state index in [1.165, 1.54) is 0 Å². The molecule has 46 heavy (non-hydrogen) atoms. The molecule has 2 heterocycles. The highest BCUT2D eigenvalue weighted by molar-refractivity contribution is 6.78. The van der Waals surface area contributed by atoms with Crippen LogP contribution in [0.2, 0.25) is 21.6 Å². The fraction of sp³-hybridized carbons (Fsp3) is 0.378. The van der Waals surface area contributed by atoms with Crippen molar-refractivity contribution in [1.29, 1.82) is 0 Å². The molecule has 242 valence electrons. The van der Waals surface area contributed by atoms with Crippen LogP contribution in [-0.2, 0) is 19.1 Å². The lowest BCUT2D eigenvalue weighted by atomic mass is 9.83. The molecule has 0 amide bonds. The van der Waals surface area contributed by atoms with E-state index in [1.54, 1.807) is 18.0 Å². The second-order valence-electron chi connectivity index (χ2n) is 13.0. The van der Waals surface area contributed by atoms with Crippen LogP contribution in [0.25, 0.3) is 22.0 Å². The van der Waals surface area contributed by atoms with E-state index in [1.807, 2.05) is 62.5 Å². The molecule has 0 spiro atoms. The maximum Gasteiger partial charge on any atom is 0.258 e. The molecule has 5 aromatic rings. The Morgan fingerprint density at radius 3 is 2.20 bits per heavy atom. The Hall–Kier alpha value is -3.72. The van der Waals surface area contributed by atoms with E-state index in [-0.39, 0.29) is 0 Å². The number of benzene rings is 3. The molecule has 1 N–H and O–H groups in total. The van der Waals surface area contributed by atoms with Crippen LogP contribution in [0.3, 0.4) is 0 Å². The van der Waals surface area contributed by atoms with Crippen LogP contribution in [0.4, 0.5) is 0 Å². The van der Waals surface area contributed by atoms with E-state index < -0.39 is 13.9 Å². The summed E-state index contributed by atoms with van der Waals surface area (Å²) in [7, 11) is 1.27. The van der Waals surface area contributed by atoms with Gasteiger partial charge in [-0.3, -0.25) is 0 Å². The summed E-state index contributed by atoms with van der Waals surface area (Å²) in [6.45, 7) is 15.8. The Bertz CT molecular complexity index is 1830. The summed E-state index contributed by atoms with van der Waals surface area (Å²) in [5.74, 6) is 1.77. The largest absolute Gasteiger partial charge is 0.543 e. The van der Waals surface area contributed by atoms with Crippen LogP contribution in [-0.4, -0.2) is 40.3 Å². The molecule has 0 fully saturated rings. The van der Waals surface area contributed by atoms with Gasteiger partial charge in [-0.05, 0) is 81.2 Å². The molecule has 0 aliphatic heterocycles. The number of aryl methyl sites for hydroxylation is 2. The average molecular weight is 657 g/mol. The summed E-state index contributed by atoms with van der Waals surface area (Å²) in [5.41, 5.74) is 4.57. The van der Waals surface area contributed by atoms with Gasteiger partial charge in [-0.2, -0.15) is 0 Å². The first kappa shape index (κ1) is 33.6. The molecule has 0 saturated carbocycles. The molecular weight excluding hydrogens is 612 g/mol. The first-order chi connectivity index (χ1) is 21.9. The van der Waals surface area contributed by atoms with Gasteiger partial charge in [0.2, 0.25) is 5.88 Å². The molecule has 0 saturated heterocycles. The first-order valence-electron chi connectivity index (χ1n) is 16.0. The third-order valence-corrected chi connectivity index (χ3v) is 15.8. The number of nitrogens with zero attached hydrogens (tertiary/aromatic N) is 4. The van der Waals surface area contributed by atoms with Gasteiger partial charge in [0.25, 0.3) is 8.32 Å². The second-order valence-corrected chi connectivity index (χ2v) is 18.8. The van der Waals surface area contributed by atoms with Crippen molar-refractivity contribution in [2.75, 3.05) is 7.11 Å². The minimum absolute atomic E-state index is 0.395. The molecular formula is C37H45ClN4O3Si. The zero-order valence-corrected chi connectivity index (χ0v) is 30.1. The molecule has 0 aliphatic rings. The number of halogens is 1. The van der Waals surface area contributed by atoms with E-state index in [0.29, 0.717) is 44.5 Å². The molecule has 1 unspecified atom stereocenters. The SMILES string of the molecule is CCc1cc(C(O)(c2ccc3nc(OC)cc(-c4cccc(O[Si](C(C)C)(C(C)C)C(C)C)c4)c3c2)c2nncn2C)ccc1Cl. The van der Waals surface area contributed by atoms with Gasteiger partial charge in [0.1, 0.15) is 12.1 Å². The molecule has 5 rings (SSSR count). The van der Waals surface area contributed by atoms with Crippen molar-refractivity contribution in [3.05, 3.63) is 101 Å². The number of hydrogen-bond donors (Lipinski definition) is 1. The molecule has 0 radical (unpaired) electrons. The van der Waals surface area contributed by atoms with E-state index in [0.717, 1.165) is 39.8 Å². The summed E-state index contributed by atoms with van der Waals surface area (Å²) in [4.78, 5) is 4.77. The number of fused-ring (bicyclic) bond motifs is 1. The lowest BCUT2D eigenvalue weighted by Crippen LogP contribution is -2.50. The standard InChI is InChI=1S/C37H45ClN4O3Si/c1-10-26-18-28(14-16-33(26)38)37(43,36-41-39-22-42(36)8)29-15-17-34-32(20-29)31(21-35(40-34)44-9)27-12-11-13-30(19-27)45-46(23(2)3,24(4)5)25(6)7/h11-25,43H,10H2,1-9H3. The molecule has 1 atom stereocenters. The fourth-order valence-corrected chi connectivity index (χ4v) is 12.7. The number of ether oxygens (including phenoxy) is 1. The van der Waals surface area contributed by atoms with Gasteiger partial charge in [-0.25, -0.2) is 4.98 Å². The topological polar surface area (TPSA) is 82.3 Å². The van der Waals surface area contributed by atoms with Crippen molar-refractivity contribution in [2.24, 2.45) is 7.05 Å². The Morgan fingerprint density at radius 2 is 1.59 bits per heavy atom. The van der Waals surface area contributed by atoms with Gasteiger partial charge in [-0.1, -0.05) is 90.4 Å². The lowest BCUT2D eigenvalue weighted by molar-refractivity contribution is 0.112.